The van der Waals surface area contributed by atoms with E-state index in [-0.39, 0.29) is 12.6 Å². The highest BCUT2D eigenvalue weighted by Crippen LogP contribution is 2.45. The number of methoxy groups -OCH3 is 2. The number of ether oxygens (including phenoxy) is 3. The molecule has 2 aromatic heterocycles. The molecule has 4 aromatic rings. The first-order valence-corrected chi connectivity index (χ1v) is 10.2. The van der Waals surface area contributed by atoms with E-state index in [0.717, 1.165) is 39.4 Å². The number of aromatic nitrogens is 3. The summed E-state index contributed by atoms with van der Waals surface area (Å²) in [7, 11) is 5.30. The zero-order valence-corrected chi connectivity index (χ0v) is 18.1. The van der Waals surface area contributed by atoms with E-state index in [9.17, 15) is 4.39 Å². The summed E-state index contributed by atoms with van der Waals surface area (Å²) in [6.45, 7) is -0.570. The van der Waals surface area contributed by atoms with E-state index < -0.39 is 6.67 Å². The molecule has 32 heavy (non-hydrogen) atoms. The molecule has 2 aromatic carbocycles. The van der Waals surface area contributed by atoms with E-state index in [2.05, 4.69) is 25.5 Å². The van der Waals surface area contributed by atoms with Crippen molar-refractivity contribution in [1.29, 1.82) is 0 Å². The fraction of sp³-hybridized carbons (Fsp3) is 0.250. The second-order valence-electron chi connectivity index (χ2n) is 7.55. The number of rotatable bonds is 6. The Balaban J connectivity index is 1.75. The molecule has 7 nitrogen and oxygen atoms in total. The largest absolute Gasteiger partial charge is 0.497 e. The molecule has 1 atom stereocenters. The lowest BCUT2D eigenvalue weighted by atomic mass is 9.98. The summed E-state index contributed by atoms with van der Waals surface area (Å²) in [4.78, 5) is 10.9. The number of anilines is 1. The van der Waals surface area contributed by atoms with Gasteiger partial charge in [-0.05, 0) is 35.9 Å². The van der Waals surface area contributed by atoms with E-state index in [4.69, 9.17) is 14.2 Å². The second kappa shape index (κ2) is 8.03. The molecule has 8 heteroatoms. The molecular formula is C24H23FN4O3. The summed E-state index contributed by atoms with van der Waals surface area (Å²) in [5.74, 6) is 1.97. The molecule has 0 saturated heterocycles. The Kier molecular flexibility index (Phi) is 5.05. The number of fused-ring (bicyclic) bond motifs is 5. The molecule has 0 bridgehead atoms. The minimum Gasteiger partial charge on any atom is -0.497 e. The summed E-state index contributed by atoms with van der Waals surface area (Å²) >= 11 is 0. The summed E-state index contributed by atoms with van der Waals surface area (Å²) in [5, 5.41) is 0.946. The van der Waals surface area contributed by atoms with Gasteiger partial charge in [-0.1, -0.05) is 0 Å². The van der Waals surface area contributed by atoms with Crippen LogP contribution in [-0.2, 0) is 0 Å². The Bertz CT molecular complexity index is 1290. The van der Waals surface area contributed by atoms with Gasteiger partial charge >= 0.3 is 0 Å². The standard InChI is InChI=1S/C24H23FN4O3/c1-28-21-12-17(30-2)4-5-20(21)29-22(10-16-13-26-14-27-24(16)29)23(28)15-8-18(31-3)11-19(9-15)32-7-6-25/h4-5,8-14,23H,6-7H2,1-3H3/i25-1. The summed E-state index contributed by atoms with van der Waals surface area (Å²) in [5.41, 5.74) is 4.81. The van der Waals surface area contributed by atoms with Gasteiger partial charge in [0.2, 0.25) is 0 Å². The van der Waals surface area contributed by atoms with E-state index in [1.54, 1.807) is 26.6 Å². The van der Waals surface area contributed by atoms with Crippen LogP contribution < -0.4 is 19.1 Å². The lowest BCUT2D eigenvalue weighted by molar-refractivity contribution is 0.271. The lowest BCUT2D eigenvalue weighted by Crippen LogP contribution is -2.32. The van der Waals surface area contributed by atoms with Crippen LogP contribution in [0.3, 0.4) is 0 Å². The summed E-state index contributed by atoms with van der Waals surface area (Å²) in [6, 6.07) is 13.6. The van der Waals surface area contributed by atoms with Crippen molar-refractivity contribution < 1.29 is 18.6 Å². The summed E-state index contributed by atoms with van der Waals surface area (Å²) < 4.78 is 31.5. The highest BCUT2D eigenvalue weighted by molar-refractivity contribution is 5.84. The second-order valence-corrected chi connectivity index (χ2v) is 7.55. The molecule has 1 unspecified atom stereocenters. The number of alkyl halides is 1. The molecule has 3 heterocycles. The molecule has 0 fully saturated rings. The molecule has 0 N–H and O–H groups in total. The van der Waals surface area contributed by atoms with E-state index in [1.165, 1.54) is 0 Å². The normalized spacial score (nSPS) is 14.8. The van der Waals surface area contributed by atoms with Gasteiger partial charge in [0.25, 0.3) is 0 Å². The van der Waals surface area contributed by atoms with Crippen LogP contribution in [0.4, 0.5) is 10.1 Å². The fourth-order valence-electron chi connectivity index (χ4n) is 4.37. The van der Waals surface area contributed by atoms with Crippen LogP contribution in [0.1, 0.15) is 17.3 Å². The third kappa shape index (κ3) is 3.19. The zero-order chi connectivity index (χ0) is 22.2. The van der Waals surface area contributed by atoms with Crippen LogP contribution in [0, 0.1) is 0 Å². The zero-order valence-electron chi connectivity index (χ0n) is 18.1. The Morgan fingerprint density at radius 1 is 0.969 bits per heavy atom. The Morgan fingerprint density at radius 2 is 1.78 bits per heavy atom. The Labute approximate surface area is 185 Å². The van der Waals surface area contributed by atoms with Crippen molar-refractivity contribution >= 4 is 16.7 Å². The summed E-state index contributed by atoms with van der Waals surface area (Å²) in [6.07, 6.45) is 3.37. The van der Waals surface area contributed by atoms with Crippen molar-refractivity contribution in [2.45, 2.75) is 6.04 Å². The third-order valence-corrected chi connectivity index (χ3v) is 5.76. The van der Waals surface area contributed by atoms with Gasteiger partial charge in [-0.3, -0.25) is 4.57 Å². The van der Waals surface area contributed by atoms with Crippen molar-refractivity contribution in [1.82, 2.24) is 14.5 Å². The van der Waals surface area contributed by atoms with Crippen molar-refractivity contribution in [3.05, 3.63) is 66.2 Å². The van der Waals surface area contributed by atoms with Gasteiger partial charge in [0.1, 0.15) is 42.5 Å². The average molecular weight is 433 g/mol. The highest BCUT2D eigenvalue weighted by atomic mass is 18.2. The van der Waals surface area contributed by atoms with Crippen molar-refractivity contribution in [3.63, 3.8) is 0 Å². The number of benzene rings is 2. The average Bonchev–Trinajstić information content (AvgIpc) is 3.21. The first-order valence-electron chi connectivity index (χ1n) is 10.2. The van der Waals surface area contributed by atoms with E-state index >= 15 is 0 Å². The maximum absolute atomic E-state index is 12.7. The van der Waals surface area contributed by atoms with Crippen LogP contribution in [0.25, 0.3) is 16.7 Å². The third-order valence-electron chi connectivity index (χ3n) is 5.76. The first kappa shape index (κ1) is 20.1. The SMILES string of the molecule is COc1cc(OCC[18F])cc(C2c3cc4cncnc4n3-c3ccc(OC)cc3N2C)c1. The van der Waals surface area contributed by atoms with Gasteiger partial charge in [0, 0.05) is 30.8 Å². The predicted molar refractivity (Wildman–Crippen MR) is 120 cm³/mol. The van der Waals surface area contributed by atoms with Crippen molar-refractivity contribution in [3.8, 4) is 22.9 Å². The van der Waals surface area contributed by atoms with Gasteiger partial charge in [0.15, 0.2) is 0 Å². The molecule has 5 rings (SSSR count). The smallest absolute Gasteiger partial charge is 0.148 e. The van der Waals surface area contributed by atoms with Crippen LogP contribution in [0.2, 0.25) is 0 Å². The van der Waals surface area contributed by atoms with Gasteiger partial charge in [-0.25, -0.2) is 14.4 Å². The van der Waals surface area contributed by atoms with Gasteiger partial charge in [-0.2, -0.15) is 0 Å². The molecule has 0 spiro atoms. The molecule has 1 aliphatic heterocycles. The minimum atomic E-state index is -0.560. The van der Waals surface area contributed by atoms with Crippen LogP contribution in [0.5, 0.6) is 17.2 Å². The lowest BCUT2D eigenvalue weighted by Gasteiger charge is -2.38. The topological polar surface area (TPSA) is 61.6 Å². The molecule has 0 saturated carbocycles. The van der Waals surface area contributed by atoms with Crippen LogP contribution >= 0.6 is 0 Å². The first-order chi connectivity index (χ1) is 15.6. The van der Waals surface area contributed by atoms with Gasteiger partial charge < -0.3 is 19.1 Å². The number of halogens is 1. The van der Waals surface area contributed by atoms with Crippen LogP contribution in [-0.4, -0.2) is 49.1 Å². The Morgan fingerprint density at radius 3 is 2.56 bits per heavy atom. The minimum absolute atomic E-state index is 0.0109. The maximum atomic E-state index is 12.7. The van der Waals surface area contributed by atoms with Crippen LogP contribution in [0.15, 0.2) is 55.0 Å². The van der Waals surface area contributed by atoms with Crippen molar-refractivity contribution in [2.24, 2.45) is 0 Å². The number of hydrogen-bond acceptors (Lipinski definition) is 6. The monoisotopic (exact) mass is 433 g/mol. The fourth-order valence-corrected chi connectivity index (χ4v) is 4.37. The highest BCUT2D eigenvalue weighted by Gasteiger charge is 2.33. The molecule has 0 aliphatic carbocycles. The number of hydrogen-bond donors (Lipinski definition) is 0. The van der Waals surface area contributed by atoms with Crippen molar-refractivity contribution in [2.75, 3.05) is 39.4 Å². The maximum Gasteiger partial charge on any atom is 0.148 e. The predicted octanol–water partition coefficient (Wildman–Crippen LogP) is 4.33. The molecule has 164 valence electrons. The number of nitrogens with zero attached hydrogens (tertiary/aromatic N) is 4. The molecular weight excluding hydrogens is 410 g/mol. The molecule has 1 aliphatic rings. The molecule has 0 radical (unpaired) electrons. The molecule has 0 amide bonds. The van der Waals surface area contributed by atoms with E-state index in [1.807, 2.05) is 43.6 Å². The Hall–Kier alpha value is -3.81. The quantitative estimate of drug-likeness (QED) is 0.451. The van der Waals surface area contributed by atoms with E-state index in [0.29, 0.717) is 11.5 Å². The van der Waals surface area contributed by atoms with Gasteiger partial charge in [0.05, 0.1) is 37.3 Å². The van der Waals surface area contributed by atoms with Gasteiger partial charge in [-0.15, -0.1) is 0 Å².